The number of nitrogens with one attached hydrogen (secondary N) is 2. The third-order valence-electron chi connectivity index (χ3n) is 4.64. The third kappa shape index (κ3) is 5.90. The molecule has 0 aliphatic rings. The van der Waals surface area contributed by atoms with Gasteiger partial charge in [-0.3, -0.25) is 9.59 Å². The zero-order valence-corrected chi connectivity index (χ0v) is 18.7. The van der Waals surface area contributed by atoms with Crippen LogP contribution in [0.2, 0.25) is 5.02 Å². The maximum Gasteiger partial charge on any atom is 0.222 e. The molecule has 0 spiro atoms. The van der Waals surface area contributed by atoms with Gasteiger partial charge in [-0.05, 0) is 31.5 Å². The first-order chi connectivity index (χ1) is 14.3. The number of amides is 2. The number of rotatable bonds is 7. The van der Waals surface area contributed by atoms with Crippen molar-refractivity contribution in [2.24, 2.45) is 0 Å². The predicted octanol–water partition coefficient (Wildman–Crippen LogP) is 4.96. The molecule has 0 aliphatic carbocycles. The lowest BCUT2D eigenvalue weighted by Crippen LogP contribution is -2.32. The Bertz CT molecular complexity index is 1030. The Labute approximate surface area is 185 Å². The van der Waals surface area contributed by atoms with Gasteiger partial charge in [-0.15, -0.1) is 11.3 Å². The summed E-state index contributed by atoms with van der Waals surface area (Å²) in [5.41, 5.74) is 3.92. The largest absolute Gasteiger partial charge is 0.350 e. The zero-order valence-electron chi connectivity index (χ0n) is 17.2. The smallest absolute Gasteiger partial charge is 0.222 e. The minimum Gasteiger partial charge on any atom is -0.350 e. The summed E-state index contributed by atoms with van der Waals surface area (Å²) in [4.78, 5) is 29.9. The Hall–Kier alpha value is -2.70. The van der Waals surface area contributed by atoms with Gasteiger partial charge in [-0.1, -0.05) is 53.6 Å². The highest BCUT2D eigenvalue weighted by Crippen LogP contribution is 2.28. The Morgan fingerprint density at radius 2 is 1.73 bits per heavy atom. The quantitative estimate of drug-likeness (QED) is 0.544. The summed E-state index contributed by atoms with van der Waals surface area (Å²) in [5, 5.41) is 7.29. The first-order valence-corrected chi connectivity index (χ1v) is 10.8. The minimum absolute atomic E-state index is 0.143. The van der Waals surface area contributed by atoms with Crippen molar-refractivity contribution < 1.29 is 9.59 Å². The topological polar surface area (TPSA) is 71.1 Å². The van der Waals surface area contributed by atoms with Crippen LogP contribution in [0.3, 0.4) is 0 Å². The van der Waals surface area contributed by atoms with Gasteiger partial charge in [0.15, 0.2) is 0 Å². The van der Waals surface area contributed by atoms with Gasteiger partial charge >= 0.3 is 0 Å². The van der Waals surface area contributed by atoms with E-state index >= 15 is 0 Å². The van der Waals surface area contributed by atoms with Crippen molar-refractivity contribution in [2.45, 2.75) is 39.8 Å². The molecule has 2 N–H and O–H groups in total. The molecule has 7 heteroatoms. The fourth-order valence-electron chi connectivity index (χ4n) is 3.13. The number of aryl methyl sites for hydroxylation is 2. The summed E-state index contributed by atoms with van der Waals surface area (Å²) in [5.74, 6) is -0.313. The average Bonchev–Trinajstić information content (AvgIpc) is 3.07. The number of hydrogen-bond donors (Lipinski definition) is 2. The van der Waals surface area contributed by atoms with Crippen LogP contribution in [0.25, 0.3) is 11.3 Å². The van der Waals surface area contributed by atoms with Crippen molar-refractivity contribution in [1.29, 1.82) is 0 Å². The summed E-state index contributed by atoms with van der Waals surface area (Å²) >= 11 is 7.52. The van der Waals surface area contributed by atoms with Crippen LogP contribution in [0.4, 0.5) is 0 Å². The molecule has 0 saturated carbocycles. The molecule has 1 unspecified atom stereocenters. The first-order valence-electron chi connectivity index (χ1n) is 9.64. The molecular formula is C23H24ClN3O2S. The van der Waals surface area contributed by atoms with Crippen LogP contribution in [0.5, 0.6) is 0 Å². The standard InChI is InChI=1S/C23H24ClN3O2S/c1-14-4-6-17(7-5-14)20(26-16(3)28)12-21(29)25-13-22-27-23(15(2)30-22)18-8-10-19(24)11-9-18/h4-11,20H,12-13H2,1-3H3,(H,25,29)(H,26,28). The van der Waals surface area contributed by atoms with E-state index in [9.17, 15) is 9.59 Å². The van der Waals surface area contributed by atoms with E-state index in [1.54, 1.807) is 11.3 Å². The van der Waals surface area contributed by atoms with Gasteiger partial charge in [-0.25, -0.2) is 4.98 Å². The number of hydrogen-bond acceptors (Lipinski definition) is 4. The van der Waals surface area contributed by atoms with Gasteiger partial charge in [0, 0.05) is 22.4 Å². The van der Waals surface area contributed by atoms with Crippen LogP contribution in [0, 0.1) is 13.8 Å². The van der Waals surface area contributed by atoms with Crippen molar-refractivity contribution >= 4 is 34.8 Å². The summed E-state index contributed by atoms with van der Waals surface area (Å²) in [6.45, 7) is 5.81. The molecule has 5 nitrogen and oxygen atoms in total. The van der Waals surface area contributed by atoms with Gasteiger partial charge in [0.25, 0.3) is 0 Å². The average molecular weight is 442 g/mol. The number of benzene rings is 2. The summed E-state index contributed by atoms with van der Waals surface area (Å²) < 4.78 is 0. The highest BCUT2D eigenvalue weighted by Gasteiger charge is 2.18. The van der Waals surface area contributed by atoms with Crippen LogP contribution in [0.1, 0.15) is 40.4 Å². The lowest BCUT2D eigenvalue weighted by Gasteiger charge is -2.18. The number of carbonyl (C=O) groups is 2. The third-order valence-corrected chi connectivity index (χ3v) is 5.86. The van der Waals surface area contributed by atoms with E-state index < -0.39 is 0 Å². The monoisotopic (exact) mass is 441 g/mol. The molecule has 2 amide bonds. The van der Waals surface area contributed by atoms with E-state index in [4.69, 9.17) is 11.6 Å². The van der Waals surface area contributed by atoms with E-state index in [-0.39, 0.29) is 24.3 Å². The van der Waals surface area contributed by atoms with Crippen LogP contribution < -0.4 is 10.6 Å². The Morgan fingerprint density at radius 1 is 1.07 bits per heavy atom. The zero-order chi connectivity index (χ0) is 21.7. The molecule has 3 rings (SSSR count). The normalized spacial score (nSPS) is 11.7. The molecule has 1 aromatic heterocycles. The van der Waals surface area contributed by atoms with Crippen molar-refractivity contribution in [3.8, 4) is 11.3 Å². The summed E-state index contributed by atoms with van der Waals surface area (Å²) in [6, 6.07) is 15.0. The number of carbonyl (C=O) groups excluding carboxylic acids is 2. The van der Waals surface area contributed by atoms with Gasteiger partial charge in [0.2, 0.25) is 11.8 Å². The predicted molar refractivity (Wildman–Crippen MR) is 121 cm³/mol. The maximum atomic E-state index is 12.5. The van der Waals surface area contributed by atoms with E-state index in [2.05, 4.69) is 15.6 Å². The Morgan fingerprint density at radius 3 is 2.37 bits per heavy atom. The van der Waals surface area contributed by atoms with E-state index in [0.717, 1.165) is 32.3 Å². The summed E-state index contributed by atoms with van der Waals surface area (Å²) in [6.07, 6.45) is 0.164. The Kier molecular flexibility index (Phi) is 7.24. The van der Waals surface area contributed by atoms with Crippen LogP contribution in [-0.4, -0.2) is 16.8 Å². The van der Waals surface area contributed by atoms with Crippen molar-refractivity contribution in [1.82, 2.24) is 15.6 Å². The van der Waals surface area contributed by atoms with Crippen LogP contribution in [0.15, 0.2) is 48.5 Å². The number of halogens is 1. The van der Waals surface area contributed by atoms with Gasteiger partial charge in [-0.2, -0.15) is 0 Å². The van der Waals surface area contributed by atoms with Crippen LogP contribution in [-0.2, 0) is 16.1 Å². The molecule has 1 heterocycles. The first kappa shape index (κ1) is 22.0. The van der Waals surface area contributed by atoms with Crippen molar-refractivity contribution in [3.63, 3.8) is 0 Å². The number of nitrogens with zero attached hydrogens (tertiary/aromatic N) is 1. The minimum atomic E-state index is -0.370. The fourth-order valence-corrected chi connectivity index (χ4v) is 4.15. The molecule has 3 aromatic rings. The molecule has 0 fully saturated rings. The lowest BCUT2D eigenvalue weighted by atomic mass is 10.0. The van der Waals surface area contributed by atoms with Crippen molar-refractivity contribution in [3.05, 3.63) is 74.6 Å². The lowest BCUT2D eigenvalue weighted by molar-refractivity contribution is -0.122. The van der Waals surface area contributed by atoms with E-state index in [1.165, 1.54) is 6.92 Å². The molecule has 0 bridgehead atoms. The molecule has 0 saturated heterocycles. The molecular weight excluding hydrogens is 418 g/mol. The highest BCUT2D eigenvalue weighted by atomic mass is 35.5. The second-order valence-corrected chi connectivity index (χ2v) is 8.89. The molecule has 0 aliphatic heterocycles. The molecule has 2 aromatic carbocycles. The molecule has 156 valence electrons. The van der Waals surface area contributed by atoms with E-state index in [1.807, 2.05) is 62.4 Å². The highest BCUT2D eigenvalue weighted by molar-refractivity contribution is 7.12. The maximum absolute atomic E-state index is 12.5. The van der Waals surface area contributed by atoms with Gasteiger partial charge in [0.1, 0.15) is 5.01 Å². The SMILES string of the molecule is CC(=O)NC(CC(=O)NCc1nc(-c2ccc(Cl)cc2)c(C)s1)c1ccc(C)cc1. The number of aromatic nitrogens is 1. The second kappa shape index (κ2) is 9.87. The molecule has 30 heavy (non-hydrogen) atoms. The molecule has 1 atom stereocenters. The summed E-state index contributed by atoms with van der Waals surface area (Å²) in [7, 11) is 0. The van der Waals surface area contributed by atoms with Gasteiger partial charge < -0.3 is 10.6 Å². The molecule has 0 radical (unpaired) electrons. The fraction of sp³-hybridized carbons (Fsp3) is 0.261. The van der Waals surface area contributed by atoms with Crippen molar-refractivity contribution in [2.75, 3.05) is 0 Å². The van der Waals surface area contributed by atoms with E-state index in [0.29, 0.717) is 11.6 Å². The Balaban J connectivity index is 1.64. The van der Waals surface area contributed by atoms with Gasteiger partial charge in [0.05, 0.1) is 24.7 Å². The second-order valence-electron chi connectivity index (χ2n) is 7.16. The van der Waals surface area contributed by atoms with Crippen LogP contribution >= 0.6 is 22.9 Å². The number of thiazole rings is 1.